The molecule has 0 spiro atoms. The Morgan fingerprint density at radius 3 is 2.80 bits per heavy atom. The number of aromatic nitrogens is 2. The van der Waals surface area contributed by atoms with Gasteiger partial charge in [0.25, 0.3) is 5.19 Å². The lowest BCUT2D eigenvalue weighted by Crippen LogP contribution is -1.94. The fraction of sp³-hybridized carbons (Fsp3) is 0.200. The molecule has 0 bridgehead atoms. The van der Waals surface area contributed by atoms with Crippen LogP contribution < -0.4 is 4.74 Å². The summed E-state index contributed by atoms with van der Waals surface area (Å²) in [6.45, 7) is 0.545. The molecule has 0 N–H and O–H groups in total. The average Bonchev–Trinajstić information content (AvgIpc) is 2.76. The minimum atomic E-state index is 0.545. The van der Waals surface area contributed by atoms with E-state index in [4.69, 9.17) is 4.74 Å². The van der Waals surface area contributed by atoms with Crippen LogP contribution in [0.3, 0.4) is 0 Å². The molecule has 0 atom stereocenters. The zero-order valence-electron chi connectivity index (χ0n) is 8.21. The number of ether oxygens (including phenoxy) is 1. The molecule has 2 rings (SSSR count). The van der Waals surface area contributed by atoms with Gasteiger partial charge in [-0.15, -0.1) is 0 Å². The van der Waals surface area contributed by atoms with Crippen molar-refractivity contribution >= 4 is 23.3 Å². The fourth-order valence-electron chi connectivity index (χ4n) is 1.06. The van der Waals surface area contributed by atoms with Crippen LogP contribution in [-0.2, 0) is 6.61 Å². The Labute approximate surface area is 96.7 Å². The molecule has 0 unspecified atom stereocenters. The molecule has 0 saturated carbocycles. The Balaban J connectivity index is 1.93. The molecular formula is C10H10N2OS2. The van der Waals surface area contributed by atoms with Crippen molar-refractivity contribution in [2.75, 3.05) is 6.26 Å². The summed E-state index contributed by atoms with van der Waals surface area (Å²) in [5, 5.41) is 1.39. The molecule has 78 valence electrons. The van der Waals surface area contributed by atoms with Crippen LogP contribution in [0.25, 0.3) is 0 Å². The van der Waals surface area contributed by atoms with Crippen LogP contribution in [0.15, 0.2) is 35.5 Å². The lowest BCUT2D eigenvalue weighted by atomic mass is 10.2. The molecule has 1 heterocycles. The van der Waals surface area contributed by atoms with Crippen LogP contribution in [0.2, 0.25) is 0 Å². The SMILES string of the molecule is CSc1nsc(OCc2ccccc2)n1. The Hall–Kier alpha value is -1.07. The van der Waals surface area contributed by atoms with Gasteiger partial charge in [-0.1, -0.05) is 42.1 Å². The first kappa shape index (κ1) is 10.4. The first-order chi connectivity index (χ1) is 7.38. The minimum absolute atomic E-state index is 0.545. The van der Waals surface area contributed by atoms with Gasteiger partial charge in [0.15, 0.2) is 0 Å². The third-order valence-electron chi connectivity index (χ3n) is 1.78. The molecule has 0 radical (unpaired) electrons. The average molecular weight is 238 g/mol. The summed E-state index contributed by atoms with van der Waals surface area (Å²) < 4.78 is 9.62. The molecule has 0 aliphatic rings. The van der Waals surface area contributed by atoms with Crippen molar-refractivity contribution in [2.45, 2.75) is 11.8 Å². The van der Waals surface area contributed by atoms with E-state index in [0.29, 0.717) is 11.8 Å². The van der Waals surface area contributed by atoms with E-state index in [1.54, 1.807) is 0 Å². The smallest absolute Gasteiger partial charge is 0.294 e. The van der Waals surface area contributed by atoms with E-state index in [2.05, 4.69) is 9.36 Å². The van der Waals surface area contributed by atoms with Gasteiger partial charge in [0.2, 0.25) is 5.16 Å². The van der Waals surface area contributed by atoms with Gasteiger partial charge in [-0.25, -0.2) is 0 Å². The van der Waals surface area contributed by atoms with Crippen molar-refractivity contribution in [2.24, 2.45) is 0 Å². The lowest BCUT2D eigenvalue weighted by Gasteiger charge is -2.00. The van der Waals surface area contributed by atoms with Crippen LogP contribution in [0.5, 0.6) is 5.19 Å². The van der Waals surface area contributed by atoms with E-state index in [1.165, 1.54) is 23.3 Å². The standard InChI is InChI=1S/C10H10N2OS2/c1-14-9-11-10(15-12-9)13-7-8-5-3-2-4-6-8/h2-6H,7H2,1H3. The highest BCUT2D eigenvalue weighted by atomic mass is 32.2. The molecule has 2 aromatic rings. The maximum atomic E-state index is 5.51. The second-order valence-electron chi connectivity index (χ2n) is 2.82. The first-order valence-electron chi connectivity index (χ1n) is 4.43. The zero-order valence-corrected chi connectivity index (χ0v) is 9.85. The van der Waals surface area contributed by atoms with Crippen LogP contribution in [0.1, 0.15) is 5.56 Å². The summed E-state index contributed by atoms with van der Waals surface area (Å²) in [5.41, 5.74) is 1.14. The Morgan fingerprint density at radius 1 is 1.33 bits per heavy atom. The molecule has 0 aliphatic heterocycles. The second kappa shape index (κ2) is 5.14. The van der Waals surface area contributed by atoms with Gasteiger partial charge in [0.1, 0.15) is 6.61 Å². The first-order valence-corrected chi connectivity index (χ1v) is 6.43. The van der Waals surface area contributed by atoms with Gasteiger partial charge in [0.05, 0.1) is 0 Å². The molecule has 3 nitrogen and oxygen atoms in total. The molecule has 15 heavy (non-hydrogen) atoms. The molecule has 1 aromatic heterocycles. The quantitative estimate of drug-likeness (QED) is 0.767. The van der Waals surface area contributed by atoms with Gasteiger partial charge in [-0.3, -0.25) is 0 Å². The summed E-state index contributed by atoms with van der Waals surface area (Å²) in [6, 6.07) is 10.0. The maximum Gasteiger partial charge on any atom is 0.294 e. The number of thioether (sulfide) groups is 1. The summed E-state index contributed by atoms with van der Waals surface area (Å²) in [5.74, 6) is 0. The predicted molar refractivity (Wildman–Crippen MR) is 62.5 cm³/mol. The van der Waals surface area contributed by atoms with Crippen molar-refractivity contribution < 1.29 is 4.74 Å². The van der Waals surface area contributed by atoms with Crippen LogP contribution >= 0.6 is 23.3 Å². The topological polar surface area (TPSA) is 35.0 Å². The highest BCUT2D eigenvalue weighted by Gasteiger charge is 2.03. The molecule has 5 heteroatoms. The Bertz CT molecular complexity index is 416. The van der Waals surface area contributed by atoms with Crippen molar-refractivity contribution in [1.82, 2.24) is 9.36 Å². The van der Waals surface area contributed by atoms with Crippen LogP contribution in [-0.4, -0.2) is 15.6 Å². The third kappa shape index (κ3) is 2.94. The summed E-state index contributed by atoms with van der Waals surface area (Å²) >= 11 is 2.81. The number of hydrogen-bond donors (Lipinski definition) is 0. The molecule has 0 aliphatic carbocycles. The van der Waals surface area contributed by atoms with Crippen molar-refractivity contribution in [3.05, 3.63) is 35.9 Å². The lowest BCUT2D eigenvalue weighted by molar-refractivity contribution is 0.303. The fourth-order valence-corrected chi connectivity index (χ4v) is 2.14. The number of nitrogens with zero attached hydrogens (tertiary/aromatic N) is 2. The zero-order chi connectivity index (χ0) is 10.5. The van der Waals surface area contributed by atoms with E-state index in [0.717, 1.165) is 10.7 Å². The molecule has 1 aromatic carbocycles. The number of rotatable bonds is 4. The highest BCUT2D eigenvalue weighted by Crippen LogP contribution is 2.20. The van der Waals surface area contributed by atoms with Crippen molar-refractivity contribution in [3.63, 3.8) is 0 Å². The van der Waals surface area contributed by atoms with E-state index < -0.39 is 0 Å². The van der Waals surface area contributed by atoms with E-state index in [1.807, 2.05) is 36.6 Å². The largest absolute Gasteiger partial charge is 0.464 e. The molecular weight excluding hydrogens is 228 g/mol. The number of hydrogen-bond acceptors (Lipinski definition) is 5. The minimum Gasteiger partial charge on any atom is -0.464 e. The van der Waals surface area contributed by atoms with E-state index in [9.17, 15) is 0 Å². The normalized spacial score (nSPS) is 10.2. The molecule has 0 fully saturated rings. The van der Waals surface area contributed by atoms with Crippen LogP contribution in [0.4, 0.5) is 0 Å². The summed E-state index contributed by atoms with van der Waals surface area (Å²) in [6.07, 6.45) is 1.95. The molecule has 0 saturated heterocycles. The van der Waals surface area contributed by atoms with Crippen molar-refractivity contribution in [1.29, 1.82) is 0 Å². The summed E-state index contributed by atoms with van der Waals surface area (Å²) in [7, 11) is 0. The van der Waals surface area contributed by atoms with Gasteiger partial charge >= 0.3 is 0 Å². The monoisotopic (exact) mass is 238 g/mol. The maximum absolute atomic E-state index is 5.51. The Morgan fingerprint density at radius 2 is 2.13 bits per heavy atom. The van der Waals surface area contributed by atoms with Crippen LogP contribution in [0, 0.1) is 0 Å². The van der Waals surface area contributed by atoms with Crippen molar-refractivity contribution in [3.8, 4) is 5.19 Å². The van der Waals surface area contributed by atoms with Gasteiger partial charge in [-0.2, -0.15) is 9.36 Å². The van der Waals surface area contributed by atoms with E-state index >= 15 is 0 Å². The second-order valence-corrected chi connectivity index (χ2v) is 4.31. The van der Waals surface area contributed by atoms with Gasteiger partial charge < -0.3 is 4.74 Å². The predicted octanol–water partition coefficient (Wildman–Crippen LogP) is 2.84. The van der Waals surface area contributed by atoms with E-state index in [-0.39, 0.29) is 0 Å². The van der Waals surface area contributed by atoms with Gasteiger partial charge in [0, 0.05) is 11.5 Å². The number of benzene rings is 1. The summed E-state index contributed by atoms with van der Waals surface area (Å²) in [4.78, 5) is 4.19. The van der Waals surface area contributed by atoms with Gasteiger partial charge in [-0.05, 0) is 11.8 Å². The molecule has 0 amide bonds. The Kier molecular flexibility index (Phi) is 3.58. The highest BCUT2D eigenvalue weighted by molar-refractivity contribution is 7.98. The third-order valence-corrected chi connectivity index (χ3v) is 3.07.